The molecule has 2 aromatic carbocycles. The molecule has 0 saturated heterocycles. The van der Waals surface area contributed by atoms with E-state index in [2.05, 4.69) is 31.0 Å². The highest BCUT2D eigenvalue weighted by Crippen LogP contribution is 2.30. The van der Waals surface area contributed by atoms with E-state index < -0.39 is 35.8 Å². The van der Waals surface area contributed by atoms with E-state index in [0.29, 0.717) is 71.1 Å². The second-order valence-electron chi connectivity index (χ2n) is 18.3. The first-order chi connectivity index (χ1) is 35.6. The van der Waals surface area contributed by atoms with E-state index in [9.17, 15) is 33.6 Å². The molecular weight excluding hydrogens is 952 g/mol. The van der Waals surface area contributed by atoms with Gasteiger partial charge in [-0.2, -0.15) is 5.10 Å². The number of primary amides is 1. The number of rotatable bonds is 25. The molecule has 7 amide bonds. The molecule has 0 radical (unpaired) electrons. The van der Waals surface area contributed by atoms with Crippen molar-refractivity contribution in [3.05, 3.63) is 132 Å². The summed E-state index contributed by atoms with van der Waals surface area (Å²) in [6.07, 6.45) is 7.02. The minimum atomic E-state index is -0.872. The van der Waals surface area contributed by atoms with Crippen LogP contribution >= 0.6 is 0 Å². The van der Waals surface area contributed by atoms with Crippen LogP contribution in [0.1, 0.15) is 81.4 Å². The molecule has 21 heteroatoms. The van der Waals surface area contributed by atoms with Gasteiger partial charge in [-0.05, 0) is 86.6 Å². The van der Waals surface area contributed by atoms with Crippen molar-refractivity contribution >= 4 is 52.9 Å². The SMILES string of the molecule is Cc1cccc(-c2[nH]c(CN(Cc3ccccc3F)C(=O)OCc3ccc(NC(=O)[C@H](CCCNC(N)=O)CC(=O)[C@@H](NC(=O)CCCCCN4C(=O)C=CC4=O)C(C)C)cc3)nc2-c2ccc3ncnn3c2)n1. The maximum atomic E-state index is 15.1. The van der Waals surface area contributed by atoms with Gasteiger partial charge in [0.05, 0.1) is 36.2 Å². The Kier molecular flexibility index (Phi) is 18.1. The van der Waals surface area contributed by atoms with Crippen LogP contribution in [-0.2, 0) is 48.4 Å². The summed E-state index contributed by atoms with van der Waals surface area (Å²) in [5.41, 5.74) is 10.4. The highest BCUT2D eigenvalue weighted by atomic mass is 19.1. The number of hydrogen-bond acceptors (Lipinski definition) is 12. The van der Waals surface area contributed by atoms with Crippen LogP contribution in [0.2, 0.25) is 0 Å². The van der Waals surface area contributed by atoms with Gasteiger partial charge in [0, 0.05) is 72.7 Å². The molecule has 0 saturated carbocycles. The summed E-state index contributed by atoms with van der Waals surface area (Å²) >= 11 is 0. The lowest BCUT2D eigenvalue weighted by atomic mass is 9.89. The number of fused-ring (bicyclic) bond motifs is 1. The lowest BCUT2D eigenvalue weighted by Crippen LogP contribution is -2.45. The number of ketones is 1. The van der Waals surface area contributed by atoms with Crippen LogP contribution < -0.4 is 21.7 Å². The van der Waals surface area contributed by atoms with Crippen molar-refractivity contribution in [2.45, 2.75) is 91.5 Å². The molecule has 0 unspecified atom stereocenters. The van der Waals surface area contributed by atoms with Crippen LogP contribution in [0.25, 0.3) is 28.3 Å². The molecule has 1 aliphatic heterocycles. The van der Waals surface area contributed by atoms with Crippen LogP contribution in [0.5, 0.6) is 0 Å². The molecule has 1 aliphatic rings. The molecule has 5 heterocycles. The van der Waals surface area contributed by atoms with Gasteiger partial charge in [0.1, 0.15) is 24.6 Å². The molecule has 0 spiro atoms. The van der Waals surface area contributed by atoms with Crippen molar-refractivity contribution < 1.29 is 42.7 Å². The van der Waals surface area contributed by atoms with Crippen molar-refractivity contribution in [3.8, 4) is 22.6 Å². The molecule has 0 bridgehead atoms. The number of nitrogens with one attached hydrogen (secondary N) is 4. The predicted octanol–water partition coefficient (Wildman–Crippen LogP) is 6.56. The van der Waals surface area contributed by atoms with Crippen molar-refractivity contribution in [2.75, 3.05) is 18.4 Å². The van der Waals surface area contributed by atoms with Crippen LogP contribution in [-0.4, -0.2) is 100 Å². The molecule has 2 atom stereocenters. The number of halogens is 1. The van der Waals surface area contributed by atoms with Gasteiger partial charge < -0.3 is 31.4 Å². The highest BCUT2D eigenvalue weighted by molar-refractivity contribution is 6.12. The van der Waals surface area contributed by atoms with Gasteiger partial charge in [0.15, 0.2) is 11.4 Å². The fraction of sp³-hybridized carbons (Fsp3) is 0.340. The van der Waals surface area contributed by atoms with E-state index in [4.69, 9.17) is 20.4 Å². The van der Waals surface area contributed by atoms with Crippen LogP contribution in [0.4, 0.5) is 19.7 Å². The quantitative estimate of drug-likeness (QED) is 0.0302. The number of unbranched alkanes of at least 4 members (excludes halogenated alkanes) is 2. The number of anilines is 1. The van der Waals surface area contributed by atoms with Crippen LogP contribution in [0, 0.1) is 24.6 Å². The van der Waals surface area contributed by atoms with E-state index >= 15 is 4.39 Å². The zero-order chi connectivity index (χ0) is 52.7. The predicted molar refractivity (Wildman–Crippen MR) is 270 cm³/mol. The first kappa shape index (κ1) is 53.2. The molecule has 20 nitrogen and oxygen atoms in total. The molecule has 0 aliphatic carbocycles. The summed E-state index contributed by atoms with van der Waals surface area (Å²) in [5, 5.41) is 12.5. The fourth-order valence-corrected chi connectivity index (χ4v) is 8.40. The van der Waals surface area contributed by atoms with E-state index in [-0.39, 0.29) is 87.0 Å². The summed E-state index contributed by atoms with van der Waals surface area (Å²) in [6, 6.07) is 20.4. The number of nitrogens with zero attached hydrogens (tertiary/aromatic N) is 7. The van der Waals surface area contributed by atoms with Crippen LogP contribution in [0.3, 0.4) is 0 Å². The summed E-state index contributed by atoms with van der Waals surface area (Å²) in [7, 11) is 0. The number of urea groups is 1. The number of carbonyl (C=O) groups excluding carboxylic acids is 7. The Morgan fingerprint density at radius 1 is 0.878 bits per heavy atom. The van der Waals surface area contributed by atoms with Gasteiger partial charge in [0.2, 0.25) is 11.8 Å². The van der Waals surface area contributed by atoms with Gasteiger partial charge in [-0.1, -0.05) is 56.7 Å². The number of Topliss-reactive ketones (excluding diaryl/α,β-unsaturated/α-hetero) is 1. The van der Waals surface area contributed by atoms with Crippen LogP contribution in [0.15, 0.2) is 104 Å². The second-order valence-corrected chi connectivity index (χ2v) is 18.3. The zero-order valence-corrected chi connectivity index (χ0v) is 41.4. The maximum Gasteiger partial charge on any atom is 0.410 e. The highest BCUT2D eigenvalue weighted by Gasteiger charge is 2.30. The number of nitrogens with two attached hydrogens (primary N) is 1. The first-order valence-corrected chi connectivity index (χ1v) is 24.4. The van der Waals surface area contributed by atoms with Gasteiger partial charge in [-0.3, -0.25) is 38.8 Å². The number of H-pyrrole nitrogens is 1. The maximum absolute atomic E-state index is 15.1. The number of aromatic nitrogens is 6. The lowest BCUT2D eigenvalue weighted by molar-refractivity contribution is -0.137. The number of imidazole rings is 1. The minimum absolute atomic E-state index is 0.0951. The topological polar surface area (TPSA) is 269 Å². The smallest absolute Gasteiger partial charge is 0.410 e. The fourth-order valence-electron chi connectivity index (χ4n) is 8.40. The standard InChI is InChI=1S/C53H59FN12O8/c1-33(2)48(63-45(68)16-5-4-8-26-65-46(69)23-24-47(65)70)42(67)27-36(13-10-25-56-52(55)72)51(71)60-39-20-17-35(18-21-39)31-74-53(73)64(28-37-12-6-7-14-40(37)54)30-43-61-49(38-19-22-44-57-32-58-66(44)29-38)50(62-43)41-15-9-11-34(3)59-41/h6-7,9,11-12,14-15,17-24,29,32-33,36,48H,4-5,8,10,13,16,25-28,30-31H2,1-3H3,(H,60,71)(H,61,62)(H,63,68)(H3,55,56,72)/t36-,48+/m1/s1. The average Bonchev–Trinajstić information content (AvgIpc) is 4.12. The Bertz CT molecular complexity index is 3010. The summed E-state index contributed by atoms with van der Waals surface area (Å²) in [4.78, 5) is 109. The van der Waals surface area contributed by atoms with E-state index in [1.165, 1.54) is 29.4 Å². The zero-order valence-electron chi connectivity index (χ0n) is 41.4. The number of carbonyl (C=O) groups is 7. The Labute approximate surface area is 426 Å². The van der Waals surface area contributed by atoms with Gasteiger partial charge in [-0.15, -0.1) is 0 Å². The first-order valence-electron chi connectivity index (χ1n) is 24.4. The third-order valence-corrected chi connectivity index (χ3v) is 12.3. The number of imide groups is 1. The molecule has 74 heavy (non-hydrogen) atoms. The summed E-state index contributed by atoms with van der Waals surface area (Å²) in [6.45, 7) is 5.49. The van der Waals surface area contributed by atoms with Gasteiger partial charge in [-0.25, -0.2) is 28.5 Å². The number of ether oxygens (including phenoxy) is 1. The molecule has 4 aromatic heterocycles. The van der Waals surface area contributed by atoms with Gasteiger partial charge >= 0.3 is 12.1 Å². The van der Waals surface area contributed by atoms with E-state index in [0.717, 1.165) is 10.6 Å². The molecule has 6 aromatic rings. The Morgan fingerprint density at radius 3 is 2.38 bits per heavy atom. The number of pyridine rings is 2. The number of benzene rings is 2. The number of aromatic amines is 1. The Balaban J connectivity index is 0.987. The van der Waals surface area contributed by atoms with Crippen molar-refractivity contribution in [3.63, 3.8) is 0 Å². The third kappa shape index (κ3) is 14.5. The normalized spacial score (nSPS) is 13.0. The minimum Gasteiger partial charge on any atom is -0.445 e. The lowest BCUT2D eigenvalue weighted by Gasteiger charge is -2.24. The molecular formula is C53H59FN12O8. The molecule has 0 fully saturated rings. The summed E-state index contributed by atoms with van der Waals surface area (Å²) in [5.74, 6) is -3.09. The van der Waals surface area contributed by atoms with E-state index in [1.54, 1.807) is 67.0 Å². The average molecular weight is 1010 g/mol. The molecule has 7 rings (SSSR count). The van der Waals surface area contributed by atoms with Crippen molar-refractivity contribution in [1.82, 2.24) is 50.0 Å². The monoisotopic (exact) mass is 1010 g/mol. The summed E-state index contributed by atoms with van der Waals surface area (Å²) < 4.78 is 22.5. The third-order valence-electron chi connectivity index (χ3n) is 12.3. The molecule has 386 valence electrons. The van der Waals surface area contributed by atoms with Gasteiger partial charge in [0.25, 0.3) is 11.8 Å². The van der Waals surface area contributed by atoms with Crippen molar-refractivity contribution in [2.24, 2.45) is 17.6 Å². The van der Waals surface area contributed by atoms with Crippen molar-refractivity contribution in [1.29, 1.82) is 0 Å². The number of aryl methyl sites for hydroxylation is 1. The number of amides is 7. The molecule has 6 N–H and O–H groups in total. The Morgan fingerprint density at radius 2 is 1.65 bits per heavy atom. The Hall–Kier alpha value is -8.62. The number of hydrogen-bond donors (Lipinski definition) is 5. The largest absolute Gasteiger partial charge is 0.445 e. The van der Waals surface area contributed by atoms with E-state index in [1.807, 2.05) is 37.3 Å². The second kappa shape index (κ2) is 25.2.